The Morgan fingerprint density at radius 3 is 1.63 bits per heavy atom. The van der Waals surface area contributed by atoms with Gasteiger partial charge in [-0.15, -0.1) is 0 Å². The third kappa shape index (κ3) is 5.60. The number of para-hydroxylation sites is 2. The fourth-order valence-corrected chi connectivity index (χ4v) is 9.99. The normalized spacial score (nSPS) is 11.8. The molecule has 2 heterocycles. The zero-order valence-electron chi connectivity index (χ0n) is 34.2. The summed E-state index contributed by atoms with van der Waals surface area (Å²) in [5.74, 6) is 0. The molecule has 13 aromatic rings. The lowest BCUT2D eigenvalue weighted by atomic mass is 9.98. The van der Waals surface area contributed by atoms with Crippen LogP contribution in [0.2, 0.25) is 0 Å². The molecule has 0 aliphatic carbocycles. The second kappa shape index (κ2) is 14.1. The van der Waals surface area contributed by atoms with Crippen LogP contribution in [-0.2, 0) is 0 Å². The van der Waals surface area contributed by atoms with Crippen LogP contribution in [0.25, 0.3) is 104 Å². The molecular formula is C60H38N2O. The molecule has 0 unspecified atom stereocenters. The molecule has 0 saturated heterocycles. The number of hydrogen-bond acceptors (Lipinski definition) is 2. The first-order chi connectivity index (χ1) is 31.2. The van der Waals surface area contributed by atoms with E-state index in [1.807, 2.05) is 0 Å². The van der Waals surface area contributed by atoms with Crippen molar-refractivity contribution in [2.75, 3.05) is 4.90 Å². The van der Waals surface area contributed by atoms with Crippen LogP contribution in [0.4, 0.5) is 17.1 Å². The average Bonchev–Trinajstić information content (AvgIpc) is 3.91. The molecule has 0 spiro atoms. The van der Waals surface area contributed by atoms with Gasteiger partial charge in [0.2, 0.25) is 0 Å². The molecule has 0 amide bonds. The minimum absolute atomic E-state index is 0.859. The van der Waals surface area contributed by atoms with Gasteiger partial charge in [-0.25, -0.2) is 0 Å². The van der Waals surface area contributed by atoms with E-state index in [1.54, 1.807) is 0 Å². The van der Waals surface area contributed by atoms with Gasteiger partial charge in [0.05, 0.1) is 16.7 Å². The molecule has 0 radical (unpaired) electrons. The van der Waals surface area contributed by atoms with Crippen molar-refractivity contribution >= 4 is 93.1 Å². The molecule has 3 heteroatoms. The van der Waals surface area contributed by atoms with E-state index in [9.17, 15) is 0 Å². The van der Waals surface area contributed by atoms with Crippen LogP contribution in [-0.4, -0.2) is 4.57 Å². The van der Waals surface area contributed by atoms with E-state index in [1.165, 1.54) is 54.5 Å². The third-order valence-electron chi connectivity index (χ3n) is 13.0. The number of anilines is 3. The van der Waals surface area contributed by atoms with Crippen LogP contribution in [0.1, 0.15) is 0 Å². The highest BCUT2D eigenvalue weighted by Gasteiger charge is 2.21. The van der Waals surface area contributed by atoms with Crippen molar-refractivity contribution in [2.24, 2.45) is 0 Å². The van der Waals surface area contributed by atoms with Gasteiger partial charge in [0.15, 0.2) is 5.58 Å². The van der Waals surface area contributed by atoms with Gasteiger partial charge in [-0.1, -0.05) is 176 Å². The number of furan rings is 1. The summed E-state index contributed by atoms with van der Waals surface area (Å²) in [6.07, 6.45) is 0. The fourth-order valence-electron chi connectivity index (χ4n) is 9.99. The Labute approximate surface area is 363 Å². The van der Waals surface area contributed by atoms with Gasteiger partial charge < -0.3 is 13.9 Å². The number of hydrogen-bond donors (Lipinski definition) is 0. The van der Waals surface area contributed by atoms with Crippen LogP contribution >= 0.6 is 0 Å². The summed E-state index contributed by atoms with van der Waals surface area (Å²) >= 11 is 0. The second-order valence-electron chi connectivity index (χ2n) is 16.5. The Kier molecular flexibility index (Phi) is 7.91. The average molecular weight is 803 g/mol. The summed E-state index contributed by atoms with van der Waals surface area (Å²) in [6, 6.07) is 83.4. The molecular weight excluding hydrogens is 765 g/mol. The minimum Gasteiger partial charge on any atom is -0.453 e. The van der Waals surface area contributed by atoms with Gasteiger partial charge >= 0.3 is 0 Å². The Balaban J connectivity index is 0.970. The molecule has 2 aromatic heterocycles. The summed E-state index contributed by atoms with van der Waals surface area (Å²) < 4.78 is 9.39. The molecule has 3 nitrogen and oxygen atoms in total. The summed E-state index contributed by atoms with van der Waals surface area (Å²) in [5.41, 5.74) is 13.1. The maximum atomic E-state index is 6.95. The molecule has 0 N–H and O–H groups in total. The molecule has 0 bridgehead atoms. The Morgan fingerprint density at radius 1 is 0.333 bits per heavy atom. The lowest BCUT2D eigenvalue weighted by Crippen LogP contribution is -2.10. The molecule has 0 aliphatic rings. The van der Waals surface area contributed by atoms with Crippen molar-refractivity contribution in [1.29, 1.82) is 0 Å². The van der Waals surface area contributed by atoms with Gasteiger partial charge in [0.1, 0.15) is 5.58 Å². The molecule has 13 rings (SSSR count). The number of rotatable bonds is 6. The zero-order valence-corrected chi connectivity index (χ0v) is 34.2. The van der Waals surface area contributed by atoms with E-state index in [0.29, 0.717) is 0 Å². The second-order valence-corrected chi connectivity index (χ2v) is 16.5. The van der Waals surface area contributed by atoms with Crippen LogP contribution < -0.4 is 4.90 Å². The largest absolute Gasteiger partial charge is 0.453 e. The molecule has 0 atom stereocenters. The number of benzene rings is 11. The standard InChI is InChI=1S/C60H38N2O/c1-2-16-45(17-3-1)62-57-38-44(30-35-52(57)53-36-28-41-13-5-8-19-50(41)58(53)62)39-24-31-46(32-25-39)61(47-33-26-43(27-34-47)49-21-10-15-40-12-4-7-18-48(40)49)56-23-11-22-54-55-37-29-42-14-6-9-20-51(42)59(55)63-60(54)56/h1-38H. The molecule has 0 saturated carbocycles. The quantitative estimate of drug-likeness (QED) is 0.167. The first-order valence-electron chi connectivity index (χ1n) is 21.6. The summed E-state index contributed by atoms with van der Waals surface area (Å²) in [7, 11) is 0. The van der Waals surface area contributed by atoms with Crippen molar-refractivity contribution in [3.8, 4) is 27.9 Å². The van der Waals surface area contributed by atoms with Gasteiger partial charge in [0, 0.05) is 49.4 Å². The Bertz CT molecular complexity index is 3890. The number of aromatic nitrogens is 1. The van der Waals surface area contributed by atoms with Crippen LogP contribution in [0, 0.1) is 0 Å². The lowest BCUT2D eigenvalue weighted by Gasteiger charge is -2.26. The summed E-state index contributed by atoms with van der Waals surface area (Å²) in [6.45, 7) is 0. The smallest absolute Gasteiger partial charge is 0.159 e. The Hall–Kier alpha value is -8.40. The Morgan fingerprint density at radius 2 is 0.873 bits per heavy atom. The van der Waals surface area contributed by atoms with Crippen molar-refractivity contribution in [1.82, 2.24) is 4.57 Å². The van der Waals surface area contributed by atoms with Gasteiger partial charge in [-0.2, -0.15) is 0 Å². The highest BCUT2D eigenvalue weighted by molar-refractivity contribution is 6.20. The topological polar surface area (TPSA) is 21.3 Å². The number of nitrogens with zero attached hydrogens (tertiary/aromatic N) is 2. The van der Waals surface area contributed by atoms with Crippen LogP contribution in [0.15, 0.2) is 235 Å². The predicted octanol–water partition coefficient (Wildman–Crippen LogP) is 16.9. The van der Waals surface area contributed by atoms with Crippen LogP contribution in [0.3, 0.4) is 0 Å². The minimum atomic E-state index is 0.859. The first kappa shape index (κ1) is 35.4. The van der Waals surface area contributed by atoms with E-state index in [2.05, 4.69) is 240 Å². The SMILES string of the molecule is c1ccc(-n2c3cc(-c4ccc(N(c5ccc(-c6cccc7ccccc67)cc5)c5cccc6c5oc5c7ccccc7ccc65)cc4)ccc3c3ccc4ccccc4c32)cc1. The van der Waals surface area contributed by atoms with E-state index < -0.39 is 0 Å². The van der Waals surface area contributed by atoms with E-state index in [4.69, 9.17) is 4.42 Å². The van der Waals surface area contributed by atoms with Crippen LogP contribution in [0.5, 0.6) is 0 Å². The van der Waals surface area contributed by atoms with Gasteiger partial charge in [0.25, 0.3) is 0 Å². The van der Waals surface area contributed by atoms with E-state index >= 15 is 0 Å². The van der Waals surface area contributed by atoms with Crippen molar-refractivity contribution in [3.05, 3.63) is 231 Å². The van der Waals surface area contributed by atoms with Crippen molar-refractivity contribution < 1.29 is 4.42 Å². The van der Waals surface area contributed by atoms with E-state index in [-0.39, 0.29) is 0 Å². The highest BCUT2D eigenvalue weighted by Crippen LogP contribution is 2.45. The molecule has 63 heavy (non-hydrogen) atoms. The zero-order chi connectivity index (χ0) is 41.4. The highest BCUT2D eigenvalue weighted by atomic mass is 16.3. The first-order valence-corrected chi connectivity index (χ1v) is 21.6. The monoisotopic (exact) mass is 802 g/mol. The van der Waals surface area contributed by atoms with Gasteiger partial charge in [-0.05, 0) is 98.4 Å². The molecule has 0 aliphatic heterocycles. The predicted molar refractivity (Wildman–Crippen MR) is 266 cm³/mol. The molecule has 294 valence electrons. The summed E-state index contributed by atoms with van der Waals surface area (Å²) in [5, 5.41) is 11.9. The summed E-state index contributed by atoms with van der Waals surface area (Å²) in [4.78, 5) is 2.34. The number of fused-ring (bicyclic) bond motifs is 11. The molecule has 11 aromatic carbocycles. The maximum Gasteiger partial charge on any atom is 0.159 e. The maximum absolute atomic E-state index is 6.95. The lowest BCUT2D eigenvalue weighted by molar-refractivity contribution is 0.673. The fraction of sp³-hybridized carbons (Fsp3) is 0. The third-order valence-corrected chi connectivity index (χ3v) is 13.0. The van der Waals surface area contributed by atoms with E-state index in [0.717, 1.165) is 66.6 Å². The van der Waals surface area contributed by atoms with Crippen molar-refractivity contribution in [3.63, 3.8) is 0 Å². The van der Waals surface area contributed by atoms with Crippen molar-refractivity contribution in [2.45, 2.75) is 0 Å². The molecule has 0 fully saturated rings. The van der Waals surface area contributed by atoms with Gasteiger partial charge in [-0.3, -0.25) is 0 Å².